The first-order valence-corrected chi connectivity index (χ1v) is 11.5. The number of rotatable bonds is 8. The van der Waals surface area contributed by atoms with E-state index < -0.39 is 6.36 Å². The molecule has 1 aromatic heterocycles. The largest absolute Gasteiger partial charge is 0.573 e. The molecule has 0 aliphatic carbocycles. The van der Waals surface area contributed by atoms with Gasteiger partial charge >= 0.3 is 6.36 Å². The van der Waals surface area contributed by atoms with Gasteiger partial charge in [0.05, 0.1) is 11.7 Å². The molecule has 1 aliphatic heterocycles. The smallest absolute Gasteiger partial charge is 0.406 e. The van der Waals surface area contributed by atoms with Crippen LogP contribution in [0.4, 0.5) is 13.2 Å². The predicted octanol–water partition coefficient (Wildman–Crippen LogP) is 5.65. The molecule has 1 aliphatic rings. The number of alkyl halides is 3. The standard InChI is InChI=1S/C26H29F3N4O2.2ClH/c1-32(2)16-17-8-10-18(11-9-17)24-22(19-5-3-7-21(13-19)35-26(27,28)29)14-23-25(34)31-15-20(33(23)24)6-4-12-30;;/h3,5,7-11,13-14,20H,4,6,12,15-16,30H2,1-2H3,(H,31,34);2*1H/t20-;;/m0../s1. The third kappa shape index (κ3) is 7.19. The lowest BCUT2D eigenvalue weighted by Gasteiger charge is -2.29. The highest BCUT2D eigenvalue weighted by Gasteiger charge is 2.32. The van der Waals surface area contributed by atoms with Crippen molar-refractivity contribution in [3.05, 3.63) is 65.9 Å². The van der Waals surface area contributed by atoms with Crippen molar-refractivity contribution in [2.24, 2.45) is 5.73 Å². The van der Waals surface area contributed by atoms with Crippen LogP contribution in [0, 0.1) is 0 Å². The SMILES string of the molecule is CN(C)Cc1ccc(-c2c(-c3cccc(OC(F)(F)F)c3)cc3n2[C@@H](CCCN)CNC3=O)cc1.Cl.Cl. The van der Waals surface area contributed by atoms with Crippen molar-refractivity contribution in [3.8, 4) is 28.1 Å². The summed E-state index contributed by atoms with van der Waals surface area (Å²) < 4.78 is 44.8. The van der Waals surface area contributed by atoms with Crippen molar-refractivity contribution in [1.82, 2.24) is 14.8 Å². The summed E-state index contributed by atoms with van der Waals surface area (Å²) in [7, 11) is 3.98. The maximum absolute atomic E-state index is 12.9. The van der Waals surface area contributed by atoms with Crippen LogP contribution in [0.3, 0.4) is 0 Å². The molecule has 0 spiro atoms. The van der Waals surface area contributed by atoms with Gasteiger partial charge < -0.3 is 25.3 Å². The first-order valence-electron chi connectivity index (χ1n) is 11.5. The number of halogens is 5. The molecule has 0 saturated heterocycles. The Hall–Kier alpha value is -2.72. The minimum atomic E-state index is -4.79. The maximum atomic E-state index is 12.9. The zero-order chi connectivity index (χ0) is 25.2. The zero-order valence-electron chi connectivity index (χ0n) is 20.5. The number of hydrogen-bond acceptors (Lipinski definition) is 4. The van der Waals surface area contributed by atoms with Crippen LogP contribution in [-0.4, -0.2) is 48.9 Å². The summed E-state index contributed by atoms with van der Waals surface area (Å²) in [6, 6.07) is 15.6. The van der Waals surface area contributed by atoms with Crippen molar-refractivity contribution in [2.75, 3.05) is 27.2 Å². The Morgan fingerprint density at radius 2 is 1.78 bits per heavy atom. The first-order chi connectivity index (χ1) is 16.7. The first kappa shape index (κ1) is 30.5. The molecule has 2 heterocycles. The molecule has 4 rings (SSSR count). The number of nitrogens with zero attached hydrogens (tertiary/aromatic N) is 2. The molecule has 3 N–H and O–H groups in total. The van der Waals surface area contributed by atoms with Crippen LogP contribution in [0.15, 0.2) is 54.6 Å². The van der Waals surface area contributed by atoms with Gasteiger partial charge in [0.2, 0.25) is 0 Å². The van der Waals surface area contributed by atoms with Crippen molar-refractivity contribution in [3.63, 3.8) is 0 Å². The zero-order valence-corrected chi connectivity index (χ0v) is 22.2. The minimum absolute atomic E-state index is 0. The summed E-state index contributed by atoms with van der Waals surface area (Å²) in [6.07, 6.45) is -3.25. The van der Waals surface area contributed by atoms with Crippen molar-refractivity contribution in [2.45, 2.75) is 31.8 Å². The average molecular weight is 559 g/mol. The molecule has 11 heteroatoms. The Balaban J connectivity index is 0.00000241. The van der Waals surface area contributed by atoms with Gasteiger partial charge in [-0.25, -0.2) is 0 Å². The van der Waals surface area contributed by atoms with E-state index in [-0.39, 0.29) is 42.5 Å². The van der Waals surface area contributed by atoms with Gasteiger partial charge in [-0.15, -0.1) is 38.0 Å². The van der Waals surface area contributed by atoms with Crippen LogP contribution < -0.4 is 15.8 Å². The summed E-state index contributed by atoms with van der Waals surface area (Å²) in [5.74, 6) is -0.524. The van der Waals surface area contributed by atoms with E-state index in [0.717, 1.165) is 36.2 Å². The van der Waals surface area contributed by atoms with E-state index in [4.69, 9.17) is 5.73 Å². The number of nitrogens with two attached hydrogens (primary N) is 1. The third-order valence-electron chi connectivity index (χ3n) is 5.98. The Morgan fingerprint density at radius 1 is 1.08 bits per heavy atom. The quantitative estimate of drug-likeness (QED) is 0.374. The monoisotopic (exact) mass is 558 g/mol. The summed E-state index contributed by atoms with van der Waals surface area (Å²) in [6.45, 7) is 1.76. The molecule has 3 aromatic rings. The van der Waals surface area contributed by atoms with Gasteiger partial charge in [0.1, 0.15) is 11.4 Å². The summed E-state index contributed by atoms with van der Waals surface area (Å²) >= 11 is 0. The number of fused-ring (bicyclic) bond motifs is 1. The number of carbonyl (C=O) groups is 1. The van der Waals surface area contributed by atoms with E-state index in [1.807, 2.05) is 42.9 Å². The lowest BCUT2D eigenvalue weighted by molar-refractivity contribution is -0.274. The summed E-state index contributed by atoms with van der Waals surface area (Å²) in [5.41, 5.74) is 10.2. The van der Waals surface area contributed by atoms with Crippen LogP contribution in [0.2, 0.25) is 0 Å². The van der Waals surface area contributed by atoms with E-state index in [1.54, 1.807) is 12.1 Å². The van der Waals surface area contributed by atoms with Crippen molar-refractivity contribution in [1.29, 1.82) is 0 Å². The predicted molar refractivity (Wildman–Crippen MR) is 144 cm³/mol. The van der Waals surface area contributed by atoms with Crippen molar-refractivity contribution < 1.29 is 22.7 Å². The summed E-state index contributed by atoms with van der Waals surface area (Å²) in [4.78, 5) is 14.9. The molecule has 37 heavy (non-hydrogen) atoms. The topological polar surface area (TPSA) is 72.5 Å². The number of carbonyl (C=O) groups excluding carboxylic acids is 1. The molecular weight excluding hydrogens is 528 g/mol. The van der Waals surface area contributed by atoms with Gasteiger partial charge in [-0.1, -0.05) is 36.4 Å². The molecule has 0 unspecified atom stereocenters. The van der Waals surface area contributed by atoms with Crippen LogP contribution in [-0.2, 0) is 6.54 Å². The second kappa shape index (κ2) is 12.7. The molecule has 0 radical (unpaired) electrons. The van der Waals surface area contributed by atoms with E-state index in [2.05, 4.69) is 15.0 Å². The number of benzene rings is 2. The Labute approximate surface area is 226 Å². The van der Waals surface area contributed by atoms with Gasteiger partial charge in [0, 0.05) is 18.7 Å². The number of amides is 1. The van der Waals surface area contributed by atoms with E-state index in [0.29, 0.717) is 29.9 Å². The number of hydrogen-bond donors (Lipinski definition) is 2. The number of nitrogens with one attached hydrogen (secondary N) is 1. The Morgan fingerprint density at radius 3 is 2.41 bits per heavy atom. The van der Waals surface area contributed by atoms with E-state index >= 15 is 0 Å². The molecule has 1 atom stereocenters. The van der Waals surface area contributed by atoms with Gasteiger partial charge in [-0.05, 0) is 68.4 Å². The molecule has 0 fully saturated rings. The average Bonchev–Trinajstić information content (AvgIpc) is 3.20. The minimum Gasteiger partial charge on any atom is -0.406 e. The van der Waals surface area contributed by atoms with Crippen LogP contribution in [0.5, 0.6) is 5.75 Å². The highest BCUT2D eigenvalue weighted by Crippen LogP contribution is 2.41. The molecule has 0 saturated carbocycles. The summed E-state index contributed by atoms with van der Waals surface area (Å²) in [5, 5.41) is 2.93. The molecule has 0 bridgehead atoms. The number of aromatic nitrogens is 1. The lowest BCUT2D eigenvalue weighted by Crippen LogP contribution is -2.39. The van der Waals surface area contributed by atoms with Gasteiger partial charge in [-0.3, -0.25) is 4.79 Å². The third-order valence-corrected chi connectivity index (χ3v) is 5.98. The highest BCUT2D eigenvalue weighted by atomic mass is 35.5. The van der Waals surface area contributed by atoms with Gasteiger partial charge in [0.15, 0.2) is 0 Å². The highest BCUT2D eigenvalue weighted by molar-refractivity contribution is 5.98. The Bertz CT molecular complexity index is 1200. The van der Waals surface area contributed by atoms with Gasteiger partial charge in [0.25, 0.3) is 5.91 Å². The lowest BCUT2D eigenvalue weighted by atomic mass is 9.99. The fraction of sp³-hybridized carbons (Fsp3) is 0.346. The van der Waals surface area contributed by atoms with Crippen LogP contribution in [0.25, 0.3) is 22.4 Å². The fourth-order valence-corrected chi connectivity index (χ4v) is 4.56. The molecule has 1 amide bonds. The molecule has 6 nitrogen and oxygen atoms in total. The van der Waals surface area contributed by atoms with E-state index in [9.17, 15) is 18.0 Å². The van der Waals surface area contributed by atoms with Crippen molar-refractivity contribution >= 4 is 30.7 Å². The van der Waals surface area contributed by atoms with Crippen LogP contribution in [0.1, 0.15) is 34.9 Å². The maximum Gasteiger partial charge on any atom is 0.573 e. The second-order valence-corrected chi connectivity index (χ2v) is 8.97. The second-order valence-electron chi connectivity index (χ2n) is 8.97. The van der Waals surface area contributed by atoms with Crippen LogP contribution >= 0.6 is 24.8 Å². The van der Waals surface area contributed by atoms with E-state index in [1.165, 1.54) is 18.2 Å². The molecular formula is C26H31Cl2F3N4O2. The number of ether oxygens (including phenoxy) is 1. The fourth-order valence-electron chi connectivity index (χ4n) is 4.56. The molecule has 202 valence electrons. The Kier molecular flexibility index (Phi) is 10.5. The normalized spacial score (nSPS) is 14.9. The van der Waals surface area contributed by atoms with Gasteiger partial charge in [-0.2, -0.15) is 0 Å². The molecule has 2 aromatic carbocycles.